The molecule has 0 saturated heterocycles. The fraction of sp³-hybridized carbons (Fsp3) is 0.500. The molecule has 2 amide bonds. The average Bonchev–Trinajstić information content (AvgIpc) is 2.82. The van der Waals surface area contributed by atoms with Crippen LogP contribution in [0.25, 0.3) is 0 Å². The molecule has 1 aliphatic carbocycles. The molecular weight excluding hydrogens is 422 g/mol. The van der Waals surface area contributed by atoms with E-state index in [1.54, 1.807) is 31.2 Å². The van der Waals surface area contributed by atoms with Crippen LogP contribution in [0.15, 0.2) is 33.9 Å². The van der Waals surface area contributed by atoms with Crippen LogP contribution in [0.2, 0.25) is 0 Å². The van der Waals surface area contributed by atoms with Crippen LogP contribution in [0.3, 0.4) is 0 Å². The minimum atomic E-state index is -0.706. The summed E-state index contributed by atoms with van der Waals surface area (Å²) in [6.07, 6.45) is 6.58. The molecule has 0 radical (unpaired) electrons. The third-order valence-corrected chi connectivity index (χ3v) is 6.13. The molecule has 9 nitrogen and oxygen atoms in total. The molecule has 0 unspecified atom stereocenters. The summed E-state index contributed by atoms with van der Waals surface area (Å²) in [6.45, 7) is 4.23. The second-order valence-corrected chi connectivity index (χ2v) is 8.45. The van der Waals surface area contributed by atoms with E-state index >= 15 is 0 Å². The van der Waals surface area contributed by atoms with Crippen molar-refractivity contribution in [3.63, 3.8) is 0 Å². The average molecular weight is 456 g/mol. The van der Waals surface area contributed by atoms with E-state index in [0.717, 1.165) is 38.5 Å². The molecule has 2 aromatic rings. The molecule has 1 fully saturated rings. The van der Waals surface area contributed by atoms with E-state index < -0.39 is 17.2 Å². The predicted octanol–water partition coefficient (Wildman–Crippen LogP) is 3.10. The molecular formula is C24H33N5O4. The number of nitrogens with two attached hydrogens (primary N) is 1. The Bertz CT molecular complexity index is 1110. The molecule has 1 aromatic heterocycles. The van der Waals surface area contributed by atoms with Gasteiger partial charge in [0.05, 0.1) is 0 Å². The Hall–Kier alpha value is -3.36. The number of hydrogen-bond donors (Lipinski definition) is 3. The van der Waals surface area contributed by atoms with Gasteiger partial charge in [-0.15, -0.1) is 0 Å². The van der Waals surface area contributed by atoms with Gasteiger partial charge in [-0.05, 0) is 44.4 Å². The van der Waals surface area contributed by atoms with E-state index in [0.29, 0.717) is 24.2 Å². The van der Waals surface area contributed by atoms with Crippen molar-refractivity contribution in [3.05, 3.63) is 50.7 Å². The zero-order chi connectivity index (χ0) is 24.0. The maximum atomic E-state index is 13.3. The first-order valence-corrected chi connectivity index (χ1v) is 11.7. The van der Waals surface area contributed by atoms with Gasteiger partial charge in [0.1, 0.15) is 5.82 Å². The molecule has 178 valence electrons. The molecule has 0 bridgehead atoms. The van der Waals surface area contributed by atoms with Gasteiger partial charge >= 0.3 is 5.69 Å². The number of benzene rings is 1. The van der Waals surface area contributed by atoms with E-state index in [1.165, 1.54) is 9.47 Å². The van der Waals surface area contributed by atoms with Gasteiger partial charge in [0.2, 0.25) is 5.91 Å². The van der Waals surface area contributed by atoms with E-state index in [1.807, 2.05) is 6.92 Å². The van der Waals surface area contributed by atoms with Gasteiger partial charge in [0.25, 0.3) is 11.5 Å². The third-order valence-electron chi connectivity index (χ3n) is 6.13. The fourth-order valence-corrected chi connectivity index (χ4v) is 4.27. The lowest BCUT2D eigenvalue weighted by Gasteiger charge is -2.24. The number of nitrogen functional groups attached to an aromatic ring is 1. The Kier molecular flexibility index (Phi) is 8.08. The fourth-order valence-electron chi connectivity index (χ4n) is 4.27. The van der Waals surface area contributed by atoms with Crippen LogP contribution in [0, 0.1) is 5.92 Å². The van der Waals surface area contributed by atoms with E-state index in [4.69, 9.17) is 5.73 Å². The smallest absolute Gasteiger partial charge is 0.330 e. The molecule has 0 atom stereocenters. The number of aromatic amines is 1. The molecule has 1 aliphatic rings. The highest BCUT2D eigenvalue weighted by molar-refractivity contribution is 6.08. The van der Waals surface area contributed by atoms with Gasteiger partial charge < -0.3 is 16.0 Å². The van der Waals surface area contributed by atoms with Crippen LogP contribution in [-0.2, 0) is 11.3 Å². The van der Waals surface area contributed by atoms with Crippen molar-refractivity contribution < 1.29 is 9.59 Å². The molecule has 1 aromatic carbocycles. The number of nitrogens with one attached hydrogen (secondary N) is 2. The van der Waals surface area contributed by atoms with Crippen LogP contribution in [0.5, 0.6) is 0 Å². The number of carbonyl (C=O) groups excluding carboxylic acids is 2. The van der Waals surface area contributed by atoms with Crippen molar-refractivity contribution in [1.29, 1.82) is 0 Å². The molecule has 3 rings (SSSR count). The van der Waals surface area contributed by atoms with Gasteiger partial charge in [0.15, 0.2) is 5.69 Å². The summed E-state index contributed by atoms with van der Waals surface area (Å²) in [5.74, 6) is -0.513. The van der Waals surface area contributed by atoms with Crippen molar-refractivity contribution in [1.82, 2.24) is 9.55 Å². The lowest BCUT2D eigenvalue weighted by Crippen LogP contribution is -2.41. The number of unbranched alkanes of at least 4 members (excludes halogenated alkanes) is 1. The maximum absolute atomic E-state index is 13.3. The summed E-state index contributed by atoms with van der Waals surface area (Å²) >= 11 is 0. The van der Waals surface area contributed by atoms with E-state index in [2.05, 4.69) is 10.3 Å². The van der Waals surface area contributed by atoms with Gasteiger partial charge in [0, 0.05) is 30.3 Å². The van der Waals surface area contributed by atoms with Crippen LogP contribution in [0.1, 0.15) is 69.2 Å². The molecule has 1 saturated carbocycles. The zero-order valence-corrected chi connectivity index (χ0v) is 19.4. The van der Waals surface area contributed by atoms with Crippen molar-refractivity contribution in [2.75, 3.05) is 22.5 Å². The highest BCUT2D eigenvalue weighted by Crippen LogP contribution is 2.26. The van der Waals surface area contributed by atoms with Crippen LogP contribution < -0.4 is 27.2 Å². The predicted molar refractivity (Wildman–Crippen MR) is 130 cm³/mol. The molecule has 9 heteroatoms. The normalized spacial score (nSPS) is 14.1. The molecule has 0 spiro atoms. The number of carbonyl (C=O) groups is 2. The van der Waals surface area contributed by atoms with Crippen LogP contribution in [0.4, 0.5) is 17.2 Å². The first-order valence-electron chi connectivity index (χ1n) is 11.7. The van der Waals surface area contributed by atoms with E-state index in [9.17, 15) is 19.2 Å². The van der Waals surface area contributed by atoms with Crippen molar-refractivity contribution in [3.8, 4) is 0 Å². The Balaban J connectivity index is 1.88. The van der Waals surface area contributed by atoms with Gasteiger partial charge in [-0.1, -0.05) is 38.7 Å². The standard InChI is InChI=1S/C24H33N5O4/c1-3-5-14-29-20(25)19(22(31)27-24(29)33)28(4-2)23(32)17-12-9-13-18(15-17)26-21(30)16-10-7-6-8-11-16/h9,12-13,15-16H,3-8,10-11,14,25H2,1-2H3,(H,26,30)(H,27,31,33). The molecule has 33 heavy (non-hydrogen) atoms. The number of aromatic nitrogens is 2. The summed E-state index contributed by atoms with van der Waals surface area (Å²) in [5, 5.41) is 2.92. The van der Waals surface area contributed by atoms with Crippen molar-refractivity contribution in [2.45, 2.75) is 65.3 Å². The minimum absolute atomic E-state index is 0.00669. The monoisotopic (exact) mass is 455 g/mol. The number of amides is 2. The molecule has 0 aliphatic heterocycles. The Labute approximate surface area is 193 Å². The number of nitrogens with zero attached hydrogens (tertiary/aromatic N) is 2. The largest absolute Gasteiger partial charge is 0.383 e. The summed E-state index contributed by atoms with van der Waals surface area (Å²) in [7, 11) is 0. The first kappa shape index (κ1) is 24.3. The van der Waals surface area contributed by atoms with Gasteiger partial charge in [-0.3, -0.25) is 23.9 Å². The minimum Gasteiger partial charge on any atom is -0.383 e. The Morgan fingerprint density at radius 3 is 2.58 bits per heavy atom. The summed E-state index contributed by atoms with van der Waals surface area (Å²) in [5.41, 5.74) is 5.68. The van der Waals surface area contributed by atoms with Crippen LogP contribution >= 0.6 is 0 Å². The van der Waals surface area contributed by atoms with Crippen molar-refractivity contribution >= 4 is 29.0 Å². The summed E-state index contributed by atoms with van der Waals surface area (Å²) < 4.78 is 1.29. The summed E-state index contributed by atoms with van der Waals surface area (Å²) in [4.78, 5) is 54.3. The highest BCUT2D eigenvalue weighted by atomic mass is 16.2. The molecule has 1 heterocycles. The van der Waals surface area contributed by atoms with Crippen molar-refractivity contribution in [2.24, 2.45) is 5.92 Å². The first-order chi connectivity index (χ1) is 15.9. The van der Waals surface area contributed by atoms with Gasteiger partial charge in [-0.25, -0.2) is 4.79 Å². The molecule has 4 N–H and O–H groups in total. The van der Waals surface area contributed by atoms with E-state index in [-0.39, 0.29) is 29.9 Å². The highest BCUT2D eigenvalue weighted by Gasteiger charge is 2.25. The second-order valence-electron chi connectivity index (χ2n) is 8.45. The third kappa shape index (κ3) is 5.53. The lowest BCUT2D eigenvalue weighted by atomic mass is 9.88. The maximum Gasteiger partial charge on any atom is 0.330 e. The SMILES string of the molecule is CCCCn1c(N)c(N(CC)C(=O)c2cccc(NC(=O)C3CCCCC3)c2)c(=O)[nH]c1=O. The summed E-state index contributed by atoms with van der Waals surface area (Å²) in [6, 6.07) is 6.65. The number of hydrogen-bond acceptors (Lipinski definition) is 5. The topological polar surface area (TPSA) is 130 Å². The number of rotatable bonds is 8. The Morgan fingerprint density at radius 2 is 1.91 bits per heavy atom. The number of H-pyrrole nitrogens is 1. The van der Waals surface area contributed by atoms with Crippen LogP contribution in [-0.4, -0.2) is 27.9 Å². The Morgan fingerprint density at radius 1 is 1.18 bits per heavy atom. The van der Waals surface area contributed by atoms with Gasteiger partial charge in [-0.2, -0.15) is 0 Å². The lowest BCUT2D eigenvalue weighted by molar-refractivity contribution is -0.120. The zero-order valence-electron chi connectivity index (χ0n) is 19.4. The second kappa shape index (κ2) is 11.0. The quantitative estimate of drug-likeness (QED) is 0.563. The number of anilines is 3.